The molecule has 0 saturated carbocycles. The quantitative estimate of drug-likeness (QED) is 0.662. The van der Waals surface area contributed by atoms with Gasteiger partial charge in [-0.2, -0.15) is 0 Å². The molecule has 0 aliphatic rings. The standard InChI is InChI=1S/C12H16N2O4/c1-7(3-4-11(16)17)14-12(18)10-5-9(6-13-10)8(2)15/h5-7,13H,3-4H2,1-2H3,(H,14,18)(H,16,17). The number of carbonyl (C=O) groups excluding carboxylic acids is 2. The third kappa shape index (κ3) is 4.04. The van der Waals surface area contributed by atoms with Crippen LogP contribution in [0.1, 0.15) is 47.5 Å². The lowest BCUT2D eigenvalue weighted by Gasteiger charge is -2.11. The average Bonchev–Trinajstić information content (AvgIpc) is 2.75. The number of hydrogen-bond acceptors (Lipinski definition) is 3. The Morgan fingerprint density at radius 1 is 1.44 bits per heavy atom. The van der Waals surface area contributed by atoms with E-state index in [4.69, 9.17) is 5.11 Å². The Hall–Kier alpha value is -2.11. The van der Waals surface area contributed by atoms with Gasteiger partial charge >= 0.3 is 5.97 Å². The summed E-state index contributed by atoms with van der Waals surface area (Å²) in [4.78, 5) is 35.9. The summed E-state index contributed by atoms with van der Waals surface area (Å²) in [6, 6.07) is 1.24. The maximum atomic E-state index is 11.7. The van der Waals surface area contributed by atoms with Crippen molar-refractivity contribution in [3.05, 3.63) is 23.5 Å². The molecule has 1 aromatic rings. The molecule has 18 heavy (non-hydrogen) atoms. The summed E-state index contributed by atoms with van der Waals surface area (Å²) in [6.07, 6.45) is 1.84. The maximum absolute atomic E-state index is 11.7. The molecular weight excluding hydrogens is 236 g/mol. The third-order valence-electron chi connectivity index (χ3n) is 2.50. The first-order chi connectivity index (χ1) is 8.40. The second kappa shape index (κ2) is 6.00. The number of aromatic nitrogens is 1. The van der Waals surface area contributed by atoms with Crippen LogP contribution >= 0.6 is 0 Å². The van der Waals surface area contributed by atoms with Gasteiger partial charge in [0.2, 0.25) is 0 Å². The fourth-order valence-corrected chi connectivity index (χ4v) is 1.44. The van der Waals surface area contributed by atoms with Gasteiger partial charge in [0, 0.05) is 24.2 Å². The van der Waals surface area contributed by atoms with Gasteiger partial charge in [0.1, 0.15) is 5.69 Å². The van der Waals surface area contributed by atoms with Crippen molar-refractivity contribution in [2.75, 3.05) is 0 Å². The first-order valence-electron chi connectivity index (χ1n) is 5.62. The number of nitrogens with one attached hydrogen (secondary N) is 2. The smallest absolute Gasteiger partial charge is 0.303 e. The zero-order valence-electron chi connectivity index (χ0n) is 10.3. The van der Waals surface area contributed by atoms with Gasteiger partial charge in [0.05, 0.1) is 0 Å². The van der Waals surface area contributed by atoms with Gasteiger partial charge in [-0.3, -0.25) is 14.4 Å². The van der Waals surface area contributed by atoms with E-state index < -0.39 is 5.97 Å². The second-order valence-corrected chi connectivity index (χ2v) is 4.17. The molecule has 0 bridgehead atoms. The number of aromatic amines is 1. The molecule has 6 nitrogen and oxygen atoms in total. The number of ketones is 1. The summed E-state index contributed by atoms with van der Waals surface area (Å²) < 4.78 is 0. The summed E-state index contributed by atoms with van der Waals surface area (Å²) in [5.41, 5.74) is 0.737. The molecule has 0 aliphatic heterocycles. The Morgan fingerprint density at radius 3 is 2.61 bits per heavy atom. The van der Waals surface area contributed by atoms with E-state index in [1.54, 1.807) is 6.92 Å². The van der Waals surface area contributed by atoms with Crippen LogP contribution in [0.5, 0.6) is 0 Å². The number of carbonyl (C=O) groups is 3. The molecule has 1 aromatic heterocycles. The lowest BCUT2D eigenvalue weighted by molar-refractivity contribution is -0.137. The van der Waals surface area contributed by atoms with E-state index in [2.05, 4.69) is 10.3 Å². The van der Waals surface area contributed by atoms with Crippen LogP contribution in [0.3, 0.4) is 0 Å². The summed E-state index contributed by atoms with van der Waals surface area (Å²) >= 11 is 0. The first-order valence-corrected chi connectivity index (χ1v) is 5.62. The van der Waals surface area contributed by atoms with Crippen molar-refractivity contribution < 1.29 is 19.5 Å². The minimum Gasteiger partial charge on any atom is -0.481 e. The Bertz CT molecular complexity index is 464. The van der Waals surface area contributed by atoms with Gasteiger partial charge in [0.15, 0.2) is 5.78 Å². The van der Waals surface area contributed by atoms with E-state index >= 15 is 0 Å². The van der Waals surface area contributed by atoms with E-state index in [0.29, 0.717) is 17.7 Å². The Kier molecular flexibility index (Phi) is 4.65. The van der Waals surface area contributed by atoms with Crippen molar-refractivity contribution in [1.29, 1.82) is 0 Å². The van der Waals surface area contributed by atoms with Crippen LogP contribution in [-0.2, 0) is 4.79 Å². The van der Waals surface area contributed by atoms with Gasteiger partial charge in [-0.25, -0.2) is 0 Å². The lowest BCUT2D eigenvalue weighted by atomic mass is 10.2. The van der Waals surface area contributed by atoms with Gasteiger partial charge in [-0.15, -0.1) is 0 Å². The number of carboxylic acid groups (broad SMARTS) is 1. The highest BCUT2D eigenvalue weighted by molar-refractivity contribution is 5.99. The molecule has 1 heterocycles. The Morgan fingerprint density at radius 2 is 2.11 bits per heavy atom. The number of rotatable bonds is 6. The van der Waals surface area contributed by atoms with E-state index in [1.807, 2.05) is 0 Å². The van der Waals surface area contributed by atoms with Gasteiger partial charge in [-0.05, 0) is 26.3 Å². The van der Waals surface area contributed by atoms with Crippen molar-refractivity contribution in [2.45, 2.75) is 32.7 Å². The normalized spacial score (nSPS) is 11.9. The minimum atomic E-state index is -0.894. The lowest BCUT2D eigenvalue weighted by Crippen LogP contribution is -2.33. The van der Waals surface area contributed by atoms with Crippen molar-refractivity contribution >= 4 is 17.7 Å². The predicted octanol–water partition coefficient (Wildman–Crippen LogP) is 1.20. The fraction of sp³-hybridized carbons (Fsp3) is 0.417. The van der Waals surface area contributed by atoms with Crippen LogP contribution in [0.15, 0.2) is 12.3 Å². The SMILES string of the molecule is CC(=O)c1c[nH]c(C(=O)NC(C)CCC(=O)O)c1. The molecule has 1 amide bonds. The maximum Gasteiger partial charge on any atom is 0.303 e. The molecule has 0 fully saturated rings. The highest BCUT2D eigenvalue weighted by Gasteiger charge is 2.13. The van der Waals surface area contributed by atoms with E-state index in [1.165, 1.54) is 19.2 Å². The molecule has 3 N–H and O–H groups in total. The van der Waals surface area contributed by atoms with Gasteiger partial charge in [-0.1, -0.05) is 0 Å². The predicted molar refractivity (Wildman–Crippen MR) is 64.6 cm³/mol. The first kappa shape index (κ1) is 14.0. The largest absolute Gasteiger partial charge is 0.481 e. The van der Waals surface area contributed by atoms with Crippen LogP contribution in [0.2, 0.25) is 0 Å². The molecule has 98 valence electrons. The number of hydrogen-bond donors (Lipinski definition) is 3. The summed E-state index contributed by atoms with van der Waals surface area (Å²) in [6.45, 7) is 3.15. The molecule has 0 radical (unpaired) electrons. The second-order valence-electron chi connectivity index (χ2n) is 4.17. The molecule has 1 unspecified atom stereocenters. The molecule has 1 atom stereocenters. The van der Waals surface area contributed by atoms with Crippen molar-refractivity contribution in [1.82, 2.24) is 10.3 Å². The number of Topliss-reactive ketones (excluding diaryl/α,β-unsaturated/α-hetero) is 1. The van der Waals surface area contributed by atoms with Crippen LogP contribution in [0.4, 0.5) is 0 Å². The van der Waals surface area contributed by atoms with Crippen molar-refractivity contribution in [2.24, 2.45) is 0 Å². The molecule has 1 rings (SSSR count). The van der Waals surface area contributed by atoms with Gasteiger partial charge in [0.25, 0.3) is 5.91 Å². The molecule has 6 heteroatoms. The van der Waals surface area contributed by atoms with E-state index in [0.717, 1.165) is 0 Å². The zero-order chi connectivity index (χ0) is 13.7. The molecule has 0 saturated heterocycles. The zero-order valence-corrected chi connectivity index (χ0v) is 10.3. The summed E-state index contributed by atoms with van der Waals surface area (Å²) in [5, 5.41) is 11.2. The number of carboxylic acids is 1. The highest BCUT2D eigenvalue weighted by Crippen LogP contribution is 2.05. The summed E-state index contributed by atoms with van der Waals surface area (Å²) in [7, 11) is 0. The molecule has 0 spiro atoms. The fourth-order valence-electron chi connectivity index (χ4n) is 1.44. The van der Waals surface area contributed by atoms with Crippen LogP contribution in [-0.4, -0.2) is 33.8 Å². The average molecular weight is 252 g/mol. The van der Waals surface area contributed by atoms with Crippen LogP contribution in [0, 0.1) is 0 Å². The monoisotopic (exact) mass is 252 g/mol. The van der Waals surface area contributed by atoms with E-state index in [9.17, 15) is 14.4 Å². The van der Waals surface area contributed by atoms with Crippen molar-refractivity contribution in [3.8, 4) is 0 Å². The third-order valence-corrected chi connectivity index (χ3v) is 2.50. The topological polar surface area (TPSA) is 99.3 Å². The van der Waals surface area contributed by atoms with Crippen LogP contribution < -0.4 is 5.32 Å². The minimum absolute atomic E-state index is 0.00483. The Balaban J connectivity index is 2.53. The van der Waals surface area contributed by atoms with Crippen molar-refractivity contribution in [3.63, 3.8) is 0 Å². The molecule has 0 aliphatic carbocycles. The number of amides is 1. The summed E-state index contributed by atoms with van der Waals surface area (Å²) in [5.74, 6) is -1.36. The highest BCUT2D eigenvalue weighted by atomic mass is 16.4. The number of aliphatic carboxylic acids is 1. The van der Waals surface area contributed by atoms with Gasteiger partial charge < -0.3 is 15.4 Å². The molecular formula is C12H16N2O4. The van der Waals surface area contributed by atoms with Crippen LogP contribution in [0.25, 0.3) is 0 Å². The Labute approximate surface area is 104 Å². The molecule has 0 aromatic carbocycles. The van der Waals surface area contributed by atoms with E-state index in [-0.39, 0.29) is 24.2 Å². The number of H-pyrrole nitrogens is 1.